The third-order valence-electron chi connectivity index (χ3n) is 3.08. The van der Waals surface area contributed by atoms with Crippen LogP contribution in [-0.4, -0.2) is 11.7 Å². The minimum atomic E-state index is -0.724. The Balaban J connectivity index is 2.33. The van der Waals surface area contributed by atoms with E-state index in [9.17, 15) is 9.50 Å². The van der Waals surface area contributed by atoms with Crippen LogP contribution < -0.4 is 5.32 Å². The molecule has 0 saturated carbocycles. The van der Waals surface area contributed by atoms with Gasteiger partial charge in [0.1, 0.15) is 5.82 Å². The zero-order valence-electron chi connectivity index (χ0n) is 10.5. The fraction of sp³-hybridized carbons (Fsp3) is 0.200. The zero-order chi connectivity index (χ0) is 13.9. The smallest absolute Gasteiger partial charge is 0.123 e. The first-order valence-corrected chi connectivity index (χ1v) is 6.32. The molecule has 1 unspecified atom stereocenters. The maximum Gasteiger partial charge on any atom is 0.123 e. The maximum atomic E-state index is 13.0. The summed E-state index contributed by atoms with van der Waals surface area (Å²) < 4.78 is 13.0. The Labute approximate surface area is 116 Å². The lowest BCUT2D eigenvalue weighted by Gasteiger charge is -2.31. The lowest BCUT2D eigenvalue weighted by Crippen LogP contribution is -2.35. The van der Waals surface area contributed by atoms with Gasteiger partial charge in [-0.1, -0.05) is 35.9 Å². The van der Waals surface area contributed by atoms with Crippen molar-refractivity contribution in [1.29, 1.82) is 0 Å². The van der Waals surface area contributed by atoms with Gasteiger partial charge >= 0.3 is 0 Å². The Hall–Kier alpha value is -1.58. The number of hydrogen-bond acceptors (Lipinski definition) is 2. The number of halogens is 2. The van der Waals surface area contributed by atoms with Crippen LogP contribution in [-0.2, 0) is 5.54 Å². The predicted octanol–water partition coefficient (Wildman–Crippen LogP) is 3.80. The van der Waals surface area contributed by atoms with Gasteiger partial charge in [0, 0.05) is 0 Å². The molecule has 0 heterocycles. The average molecular weight is 280 g/mol. The summed E-state index contributed by atoms with van der Waals surface area (Å²) in [6, 6.07) is 13.3. The molecular weight excluding hydrogens is 265 g/mol. The normalized spacial score (nSPS) is 13.9. The maximum absolute atomic E-state index is 13.0. The van der Waals surface area contributed by atoms with Gasteiger partial charge in [0.25, 0.3) is 0 Å². The molecule has 0 saturated heterocycles. The fourth-order valence-electron chi connectivity index (χ4n) is 1.88. The Bertz CT molecular complexity index is 558. The highest BCUT2D eigenvalue weighted by Gasteiger charge is 2.26. The van der Waals surface area contributed by atoms with Crippen molar-refractivity contribution < 1.29 is 9.50 Å². The van der Waals surface area contributed by atoms with Crippen LogP contribution in [0.15, 0.2) is 48.5 Å². The highest BCUT2D eigenvalue weighted by atomic mass is 35.5. The van der Waals surface area contributed by atoms with Crippen molar-refractivity contribution in [3.05, 3.63) is 64.9 Å². The van der Waals surface area contributed by atoms with Crippen molar-refractivity contribution >= 4 is 17.3 Å². The van der Waals surface area contributed by atoms with E-state index in [-0.39, 0.29) is 12.4 Å². The molecule has 2 nitrogen and oxygen atoms in total. The Kier molecular flexibility index (Phi) is 4.08. The van der Waals surface area contributed by atoms with Gasteiger partial charge in [-0.25, -0.2) is 4.39 Å². The lowest BCUT2D eigenvalue weighted by molar-refractivity contribution is 0.224. The molecule has 0 aliphatic carbocycles. The molecule has 2 aromatic carbocycles. The van der Waals surface area contributed by atoms with E-state index in [2.05, 4.69) is 5.32 Å². The fourth-order valence-corrected chi connectivity index (χ4v) is 2.06. The Morgan fingerprint density at radius 3 is 2.37 bits per heavy atom. The summed E-state index contributed by atoms with van der Waals surface area (Å²) in [4.78, 5) is 0. The molecule has 4 heteroatoms. The molecule has 2 rings (SSSR count). The van der Waals surface area contributed by atoms with Crippen LogP contribution in [0.25, 0.3) is 0 Å². The van der Waals surface area contributed by atoms with Crippen LogP contribution >= 0.6 is 11.6 Å². The molecule has 100 valence electrons. The summed E-state index contributed by atoms with van der Waals surface area (Å²) in [5.74, 6) is -0.304. The summed E-state index contributed by atoms with van der Waals surface area (Å²) in [5, 5.41) is 13.4. The first-order valence-electron chi connectivity index (χ1n) is 5.95. The largest absolute Gasteiger partial charge is 0.394 e. The number of nitrogens with one attached hydrogen (secondary N) is 1. The van der Waals surface area contributed by atoms with E-state index < -0.39 is 5.54 Å². The summed E-state index contributed by atoms with van der Waals surface area (Å²) in [7, 11) is 0. The summed E-state index contributed by atoms with van der Waals surface area (Å²) >= 11 is 6.10. The van der Waals surface area contributed by atoms with Crippen LogP contribution in [0.4, 0.5) is 10.1 Å². The van der Waals surface area contributed by atoms with Crippen molar-refractivity contribution in [2.45, 2.75) is 12.5 Å². The topological polar surface area (TPSA) is 32.3 Å². The van der Waals surface area contributed by atoms with E-state index >= 15 is 0 Å². The molecule has 0 radical (unpaired) electrons. The standard InChI is InChI=1S/C15H15ClFNO/c1-15(10-19,11-6-8-12(17)9-7-11)18-14-5-3-2-4-13(14)16/h2-9,18-19H,10H2,1H3. The summed E-state index contributed by atoms with van der Waals surface area (Å²) in [6.07, 6.45) is 0. The molecule has 19 heavy (non-hydrogen) atoms. The van der Waals surface area contributed by atoms with E-state index in [4.69, 9.17) is 11.6 Å². The van der Waals surface area contributed by atoms with Crippen molar-refractivity contribution in [3.8, 4) is 0 Å². The highest BCUT2D eigenvalue weighted by molar-refractivity contribution is 6.33. The van der Waals surface area contributed by atoms with Crippen molar-refractivity contribution in [1.82, 2.24) is 0 Å². The predicted molar refractivity (Wildman–Crippen MR) is 75.9 cm³/mol. The third-order valence-corrected chi connectivity index (χ3v) is 3.41. The van der Waals surface area contributed by atoms with Crippen molar-refractivity contribution in [2.24, 2.45) is 0 Å². The average Bonchev–Trinajstić information content (AvgIpc) is 2.42. The van der Waals surface area contributed by atoms with Gasteiger partial charge < -0.3 is 10.4 Å². The molecule has 0 amide bonds. The molecule has 0 fully saturated rings. The third kappa shape index (κ3) is 3.06. The Morgan fingerprint density at radius 2 is 1.79 bits per heavy atom. The first kappa shape index (κ1) is 13.8. The van der Waals surface area contributed by atoms with Crippen LogP contribution in [0.2, 0.25) is 5.02 Å². The van der Waals surface area contributed by atoms with E-state index in [1.54, 1.807) is 18.2 Å². The molecule has 1 atom stereocenters. The lowest BCUT2D eigenvalue weighted by atomic mass is 9.92. The number of rotatable bonds is 4. The second-order valence-electron chi connectivity index (χ2n) is 4.60. The second kappa shape index (κ2) is 5.59. The molecule has 0 aliphatic heterocycles. The van der Waals surface area contributed by atoms with Crippen LogP contribution in [0, 0.1) is 5.82 Å². The minimum absolute atomic E-state index is 0.135. The van der Waals surface area contributed by atoms with E-state index in [0.717, 1.165) is 11.3 Å². The molecule has 0 aromatic heterocycles. The van der Waals surface area contributed by atoms with Gasteiger partial charge in [0.15, 0.2) is 0 Å². The van der Waals surface area contributed by atoms with Gasteiger partial charge in [0.05, 0.1) is 22.9 Å². The number of aliphatic hydroxyl groups is 1. The number of benzene rings is 2. The number of para-hydroxylation sites is 1. The summed E-state index contributed by atoms with van der Waals surface area (Å²) in [5.41, 5.74) is 0.792. The zero-order valence-corrected chi connectivity index (χ0v) is 11.3. The number of anilines is 1. The molecule has 0 aliphatic rings. The second-order valence-corrected chi connectivity index (χ2v) is 5.01. The van der Waals surface area contributed by atoms with Gasteiger partial charge in [-0.2, -0.15) is 0 Å². The summed E-state index contributed by atoms with van der Waals surface area (Å²) in [6.45, 7) is 1.70. The number of aliphatic hydroxyl groups excluding tert-OH is 1. The Morgan fingerprint density at radius 1 is 1.16 bits per heavy atom. The molecule has 0 spiro atoms. The van der Waals surface area contributed by atoms with Crippen LogP contribution in [0.1, 0.15) is 12.5 Å². The minimum Gasteiger partial charge on any atom is -0.394 e. The van der Waals surface area contributed by atoms with Crippen molar-refractivity contribution in [3.63, 3.8) is 0 Å². The van der Waals surface area contributed by atoms with Gasteiger partial charge in [-0.05, 0) is 36.8 Å². The molecular formula is C15H15ClFNO. The van der Waals surface area contributed by atoms with E-state index in [1.165, 1.54) is 12.1 Å². The van der Waals surface area contributed by atoms with Gasteiger partial charge in [-0.3, -0.25) is 0 Å². The quantitative estimate of drug-likeness (QED) is 0.892. The number of hydrogen-bond donors (Lipinski definition) is 2. The van der Waals surface area contributed by atoms with Crippen LogP contribution in [0.5, 0.6) is 0 Å². The molecule has 2 N–H and O–H groups in total. The van der Waals surface area contributed by atoms with Crippen molar-refractivity contribution in [2.75, 3.05) is 11.9 Å². The van der Waals surface area contributed by atoms with Crippen LogP contribution in [0.3, 0.4) is 0 Å². The van der Waals surface area contributed by atoms with Gasteiger partial charge in [-0.15, -0.1) is 0 Å². The van der Waals surface area contributed by atoms with Gasteiger partial charge in [0.2, 0.25) is 0 Å². The molecule has 0 bridgehead atoms. The van der Waals surface area contributed by atoms with E-state index in [0.29, 0.717) is 5.02 Å². The highest BCUT2D eigenvalue weighted by Crippen LogP contribution is 2.30. The SMILES string of the molecule is CC(CO)(Nc1ccccc1Cl)c1ccc(F)cc1. The van der Waals surface area contributed by atoms with E-state index in [1.807, 2.05) is 25.1 Å². The monoisotopic (exact) mass is 279 g/mol. The first-order chi connectivity index (χ1) is 9.05. The molecule has 2 aromatic rings.